The number of rotatable bonds is 3. The van der Waals surface area contributed by atoms with Crippen molar-refractivity contribution in [3.8, 4) is 0 Å². The molecular formula is C10H17NO4S. The van der Waals surface area contributed by atoms with Gasteiger partial charge in [0.25, 0.3) is 0 Å². The van der Waals surface area contributed by atoms with E-state index >= 15 is 0 Å². The fourth-order valence-corrected chi connectivity index (χ4v) is 4.19. The Kier molecular flexibility index (Phi) is 2.96. The molecule has 2 rings (SSSR count). The van der Waals surface area contributed by atoms with E-state index in [1.165, 1.54) is 0 Å². The Bertz CT molecular complexity index is 386. The number of aliphatic carboxylic acids is 1. The van der Waals surface area contributed by atoms with Gasteiger partial charge < -0.3 is 5.11 Å². The topological polar surface area (TPSA) is 74.7 Å². The quantitative estimate of drug-likeness (QED) is 0.749. The largest absolute Gasteiger partial charge is 0.481 e. The maximum absolute atomic E-state index is 11.3. The molecule has 2 heterocycles. The average Bonchev–Trinajstić information content (AvgIpc) is 2.43. The Morgan fingerprint density at radius 3 is 2.50 bits per heavy atom. The Hall–Kier alpha value is -0.620. The van der Waals surface area contributed by atoms with Crippen LogP contribution < -0.4 is 0 Å². The molecule has 92 valence electrons. The minimum Gasteiger partial charge on any atom is -0.481 e. The second-order valence-electron chi connectivity index (χ2n) is 4.90. The maximum Gasteiger partial charge on any atom is 0.306 e. The molecule has 5 nitrogen and oxygen atoms in total. The highest BCUT2D eigenvalue weighted by molar-refractivity contribution is 7.91. The maximum atomic E-state index is 11.3. The lowest BCUT2D eigenvalue weighted by Gasteiger charge is -2.44. The third-order valence-electron chi connectivity index (χ3n) is 3.76. The van der Waals surface area contributed by atoms with Crippen LogP contribution in [0.15, 0.2) is 0 Å². The first-order valence-electron chi connectivity index (χ1n) is 5.56. The number of sulfone groups is 1. The molecule has 0 aromatic heterocycles. The number of hydrogen-bond donors (Lipinski definition) is 1. The van der Waals surface area contributed by atoms with E-state index in [1.807, 2.05) is 0 Å². The smallest absolute Gasteiger partial charge is 0.306 e. The van der Waals surface area contributed by atoms with Gasteiger partial charge >= 0.3 is 5.97 Å². The van der Waals surface area contributed by atoms with Crippen molar-refractivity contribution < 1.29 is 18.3 Å². The van der Waals surface area contributed by atoms with Crippen molar-refractivity contribution in [2.24, 2.45) is 11.8 Å². The van der Waals surface area contributed by atoms with Crippen molar-refractivity contribution in [3.63, 3.8) is 0 Å². The zero-order valence-corrected chi connectivity index (χ0v) is 10.1. The summed E-state index contributed by atoms with van der Waals surface area (Å²) in [4.78, 5) is 12.9. The molecule has 0 radical (unpaired) electrons. The summed E-state index contributed by atoms with van der Waals surface area (Å²) in [5, 5.41) is 8.84. The minimum atomic E-state index is -2.83. The van der Waals surface area contributed by atoms with Crippen molar-refractivity contribution in [1.82, 2.24) is 4.90 Å². The molecule has 2 unspecified atom stereocenters. The first-order chi connectivity index (χ1) is 7.39. The van der Waals surface area contributed by atoms with Crippen LogP contribution in [0.4, 0.5) is 0 Å². The molecule has 0 saturated carbocycles. The van der Waals surface area contributed by atoms with Gasteiger partial charge in [-0.25, -0.2) is 8.42 Å². The molecule has 0 aromatic rings. The monoisotopic (exact) mass is 247 g/mol. The van der Waals surface area contributed by atoms with Crippen LogP contribution in [0.3, 0.4) is 0 Å². The Morgan fingerprint density at radius 2 is 2.06 bits per heavy atom. The van der Waals surface area contributed by atoms with Crippen molar-refractivity contribution in [3.05, 3.63) is 0 Å². The normalized spacial score (nSPS) is 32.2. The second-order valence-corrected chi connectivity index (χ2v) is 7.13. The highest BCUT2D eigenvalue weighted by atomic mass is 32.2. The van der Waals surface area contributed by atoms with E-state index in [9.17, 15) is 13.2 Å². The Balaban J connectivity index is 1.83. The number of carboxylic acid groups (broad SMARTS) is 1. The van der Waals surface area contributed by atoms with Gasteiger partial charge in [0.05, 0.1) is 17.4 Å². The van der Waals surface area contributed by atoms with Crippen LogP contribution in [-0.2, 0) is 14.6 Å². The predicted octanol–water partition coefficient (Wildman–Crippen LogP) is -0.174. The summed E-state index contributed by atoms with van der Waals surface area (Å²) < 4.78 is 22.6. The van der Waals surface area contributed by atoms with E-state index in [-0.39, 0.29) is 29.4 Å². The number of likely N-dealkylation sites (tertiary alicyclic amines) is 1. The molecule has 2 aliphatic rings. The van der Waals surface area contributed by atoms with Gasteiger partial charge in [-0.3, -0.25) is 9.69 Å². The van der Waals surface area contributed by atoms with Gasteiger partial charge in [0.1, 0.15) is 0 Å². The van der Waals surface area contributed by atoms with Gasteiger partial charge in [-0.2, -0.15) is 0 Å². The molecule has 1 N–H and O–H groups in total. The average molecular weight is 247 g/mol. The SMILES string of the molecule is CC(C(=O)O)C1CN(C2CCS(=O)(=O)C2)C1. The van der Waals surface area contributed by atoms with Crippen molar-refractivity contribution in [2.45, 2.75) is 19.4 Å². The summed E-state index contributed by atoms with van der Waals surface area (Å²) in [5.74, 6) is -0.368. The van der Waals surface area contributed by atoms with Gasteiger partial charge in [-0.1, -0.05) is 6.92 Å². The van der Waals surface area contributed by atoms with Gasteiger partial charge in [0.2, 0.25) is 0 Å². The molecule has 2 atom stereocenters. The lowest BCUT2D eigenvalue weighted by molar-refractivity contribution is -0.145. The van der Waals surface area contributed by atoms with Gasteiger partial charge in [0, 0.05) is 19.1 Å². The summed E-state index contributed by atoms with van der Waals surface area (Å²) >= 11 is 0. The third kappa shape index (κ3) is 2.22. The van der Waals surface area contributed by atoms with E-state index in [1.54, 1.807) is 6.92 Å². The molecule has 0 bridgehead atoms. The molecule has 2 aliphatic heterocycles. The van der Waals surface area contributed by atoms with Crippen LogP contribution in [0, 0.1) is 11.8 Å². The van der Waals surface area contributed by atoms with Crippen molar-refractivity contribution in [2.75, 3.05) is 24.6 Å². The molecule has 2 fully saturated rings. The third-order valence-corrected chi connectivity index (χ3v) is 5.51. The van der Waals surface area contributed by atoms with E-state index in [4.69, 9.17) is 5.11 Å². The number of carboxylic acids is 1. The second kappa shape index (κ2) is 4.00. The zero-order valence-electron chi connectivity index (χ0n) is 9.30. The molecular weight excluding hydrogens is 230 g/mol. The lowest BCUT2D eigenvalue weighted by Crippen LogP contribution is -2.55. The highest BCUT2D eigenvalue weighted by Crippen LogP contribution is 2.29. The predicted molar refractivity (Wildman–Crippen MR) is 58.9 cm³/mol. The fraction of sp³-hybridized carbons (Fsp3) is 0.900. The molecule has 0 spiro atoms. The van der Waals surface area contributed by atoms with E-state index in [2.05, 4.69) is 4.90 Å². The first kappa shape index (κ1) is 11.9. The van der Waals surface area contributed by atoms with Crippen LogP contribution in [0.25, 0.3) is 0 Å². The molecule has 6 heteroatoms. The van der Waals surface area contributed by atoms with Gasteiger partial charge in [-0.15, -0.1) is 0 Å². The molecule has 0 aromatic carbocycles. The Labute approximate surface area is 95.4 Å². The van der Waals surface area contributed by atoms with Crippen LogP contribution >= 0.6 is 0 Å². The lowest BCUT2D eigenvalue weighted by atomic mass is 9.86. The van der Waals surface area contributed by atoms with Crippen LogP contribution in [0.5, 0.6) is 0 Å². The van der Waals surface area contributed by atoms with Gasteiger partial charge in [-0.05, 0) is 12.3 Å². The highest BCUT2D eigenvalue weighted by Gasteiger charge is 2.41. The molecule has 16 heavy (non-hydrogen) atoms. The molecule has 2 saturated heterocycles. The summed E-state index contributed by atoms with van der Waals surface area (Å²) in [7, 11) is -2.83. The zero-order chi connectivity index (χ0) is 11.9. The number of nitrogens with zero attached hydrogens (tertiary/aromatic N) is 1. The van der Waals surface area contributed by atoms with E-state index < -0.39 is 15.8 Å². The summed E-state index contributed by atoms with van der Waals surface area (Å²) in [6.07, 6.45) is 0.705. The number of hydrogen-bond acceptors (Lipinski definition) is 4. The Morgan fingerprint density at radius 1 is 1.44 bits per heavy atom. The number of carbonyl (C=O) groups is 1. The van der Waals surface area contributed by atoms with Crippen LogP contribution in [0.2, 0.25) is 0 Å². The first-order valence-corrected chi connectivity index (χ1v) is 7.38. The van der Waals surface area contributed by atoms with E-state index in [0.29, 0.717) is 6.42 Å². The molecule has 0 aliphatic carbocycles. The summed E-state index contributed by atoms with van der Waals surface area (Å²) in [6, 6.07) is 0.127. The minimum absolute atomic E-state index is 0.127. The van der Waals surface area contributed by atoms with Crippen LogP contribution in [-0.4, -0.2) is 55.0 Å². The van der Waals surface area contributed by atoms with Crippen molar-refractivity contribution in [1.29, 1.82) is 0 Å². The molecule has 0 amide bonds. The van der Waals surface area contributed by atoms with Crippen molar-refractivity contribution >= 4 is 15.8 Å². The van der Waals surface area contributed by atoms with E-state index in [0.717, 1.165) is 13.1 Å². The van der Waals surface area contributed by atoms with Crippen LogP contribution in [0.1, 0.15) is 13.3 Å². The van der Waals surface area contributed by atoms with Gasteiger partial charge in [0.15, 0.2) is 9.84 Å². The summed E-state index contributed by atoms with van der Waals surface area (Å²) in [5.41, 5.74) is 0. The standard InChI is InChI=1S/C10H17NO4S/c1-7(10(12)13)8-4-11(5-8)9-2-3-16(14,15)6-9/h7-9H,2-6H2,1H3,(H,12,13). The summed E-state index contributed by atoms with van der Waals surface area (Å²) in [6.45, 7) is 3.18. The fourth-order valence-electron chi connectivity index (χ4n) is 2.43.